The summed E-state index contributed by atoms with van der Waals surface area (Å²) >= 11 is 0. The Labute approximate surface area is 193 Å². The van der Waals surface area contributed by atoms with Gasteiger partial charge in [-0.3, -0.25) is 5.56 Å². The van der Waals surface area contributed by atoms with Crippen LogP contribution in [0.1, 0.15) is 19.4 Å². The largest absolute Gasteiger partial charge is 4.00 e. The van der Waals surface area contributed by atoms with E-state index in [1.54, 1.807) is 0 Å². The molecule has 1 nitrogen and oxygen atoms in total. The van der Waals surface area contributed by atoms with Crippen LogP contribution in [0.4, 0.5) is 0 Å². The van der Waals surface area contributed by atoms with Crippen LogP contribution < -0.4 is 0 Å². The van der Waals surface area contributed by atoms with E-state index in [1.807, 2.05) is 60.7 Å². The van der Waals surface area contributed by atoms with Gasteiger partial charge in [-0.15, -0.1) is 6.07 Å². The molecule has 2 radical (unpaired) electrons. The summed E-state index contributed by atoms with van der Waals surface area (Å²) in [4.78, 5) is 2.37. The minimum absolute atomic E-state index is 0. The summed E-state index contributed by atoms with van der Waals surface area (Å²) in [6, 6.07) is 11.5. The third kappa shape index (κ3) is 12.1. The van der Waals surface area contributed by atoms with Crippen molar-refractivity contribution in [2.45, 2.75) is 33.5 Å². The van der Waals surface area contributed by atoms with Gasteiger partial charge in [0.15, 0.2) is 0 Å². The number of rotatable bonds is 5. The molecule has 2 aliphatic carbocycles. The SMILES string of the molecule is CCN(CC)C(=[C-][Si](C)(C)C)c1[c-]cccc1.[C-]1C=CC=C1.[C-]1C=CC=C1.[Zr+4]. The number of allylic oxidation sites excluding steroid dienone is 8. The van der Waals surface area contributed by atoms with Gasteiger partial charge in [-0.05, 0) is 21.9 Å². The van der Waals surface area contributed by atoms with Crippen LogP contribution in [0.5, 0.6) is 0 Å². The quantitative estimate of drug-likeness (QED) is 0.368. The van der Waals surface area contributed by atoms with Crippen molar-refractivity contribution < 1.29 is 26.2 Å². The molecule has 0 saturated heterocycles. The second-order valence-corrected chi connectivity index (χ2v) is 11.7. The van der Waals surface area contributed by atoms with Crippen LogP contribution in [0, 0.1) is 24.6 Å². The van der Waals surface area contributed by atoms with Crippen molar-refractivity contribution in [3.05, 3.63) is 103 Å². The van der Waals surface area contributed by atoms with Gasteiger partial charge in [0.25, 0.3) is 0 Å². The average Bonchev–Trinajstić information content (AvgIpc) is 3.40. The summed E-state index contributed by atoms with van der Waals surface area (Å²) in [5.41, 5.74) is 6.12. The van der Waals surface area contributed by atoms with Gasteiger partial charge in [0.2, 0.25) is 0 Å². The molecule has 2 aliphatic rings. The van der Waals surface area contributed by atoms with Gasteiger partial charge < -0.3 is 10.6 Å². The Morgan fingerprint density at radius 3 is 1.68 bits per heavy atom. The zero-order valence-electron chi connectivity index (χ0n) is 17.8. The van der Waals surface area contributed by atoms with E-state index < -0.39 is 8.07 Å². The summed E-state index contributed by atoms with van der Waals surface area (Å²) in [5, 5.41) is 0. The minimum Gasteiger partial charge on any atom is -0.444 e. The summed E-state index contributed by atoms with van der Waals surface area (Å²) < 4.78 is 0. The van der Waals surface area contributed by atoms with Gasteiger partial charge in [0.1, 0.15) is 0 Å². The van der Waals surface area contributed by atoms with Crippen molar-refractivity contribution in [2.24, 2.45) is 0 Å². The van der Waals surface area contributed by atoms with Crippen molar-refractivity contribution in [1.29, 1.82) is 0 Å². The first kappa shape index (κ1) is 26.6. The second kappa shape index (κ2) is 15.5. The Balaban J connectivity index is 0.000000535. The fraction of sp³-hybridized carbons (Fsp3) is 0.280. The van der Waals surface area contributed by atoms with Gasteiger partial charge in [0, 0.05) is 13.1 Å². The third-order valence-corrected chi connectivity index (χ3v) is 4.52. The van der Waals surface area contributed by atoms with E-state index in [9.17, 15) is 0 Å². The summed E-state index contributed by atoms with van der Waals surface area (Å²) in [7, 11) is -1.35. The number of nitrogens with zero attached hydrogens (tertiary/aromatic N) is 1. The predicted molar refractivity (Wildman–Crippen MR) is 121 cm³/mol. The Kier molecular flexibility index (Phi) is 14.7. The van der Waals surface area contributed by atoms with Crippen molar-refractivity contribution in [3.63, 3.8) is 0 Å². The van der Waals surface area contributed by atoms with E-state index >= 15 is 0 Å². The van der Waals surface area contributed by atoms with Gasteiger partial charge in [-0.2, -0.15) is 49.3 Å². The number of hydrogen-bond acceptors (Lipinski definition) is 1. The molecule has 0 saturated carbocycles. The van der Waals surface area contributed by atoms with Crippen LogP contribution in [-0.4, -0.2) is 26.1 Å². The monoisotopic (exact) mass is 463 g/mol. The molecule has 0 aromatic heterocycles. The molecule has 0 heterocycles. The molecule has 0 spiro atoms. The van der Waals surface area contributed by atoms with E-state index in [0.29, 0.717) is 0 Å². The third-order valence-electron chi connectivity index (χ3n) is 3.53. The van der Waals surface area contributed by atoms with Crippen molar-refractivity contribution in [1.82, 2.24) is 4.90 Å². The first-order valence-corrected chi connectivity index (χ1v) is 13.0. The van der Waals surface area contributed by atoms with Crippen LogP contribution in [0.3, 0.4) is 0 Å². The molecule has 1 aromatic carbocycles. The van der Waals surface area contributed by atoms with E-state index in [-0.39, 0.29) is 26.2 Å². The molecule has 0 aliphatic heterocycles. The molecule has 0 fully saturated rings. The summed E-state index contributed by atoms with van der Waals surface area (Å²) in [6.45, 7) is 13.4. The number of hydrogen-bond donors (Lipinski definition) is 0. The Hall–Kier alpha value is -1.44. The Bertz CT molecular complexity index is 618. The molecule has 3 heteroatoms. The summed E-state index contributed by atoms with van der Waals surface area (Å²) in [5.74, 6) is 0. The van der Waals surface area contributed by atoms with Crippen LogP contribution in [0.25, 0.3) is 5.70 Å². The molecule has 0 atom stereocenters. The van der Waals surface area contributed by atoms with Crippen LogP contribution in [0.15, 0.2) is 72.9 Å². The Morgan fingerprint density at radius 2 is 1.39 bits per heavy atom. The molecule has 144 valence electrons. The maximum Gasteiger partial charge on any atom is 4.00 e. The van der Waals surface area contributed by atoms with E-state index in [0.717, 1.165) is 13.1 Å². The van der Waals surface area contributed by atoms with E-state index in [2.05, 4.69) is 75.1 Å². The molecule has 3 rings (SSSR count). The Morgan fingerprint density at radius 1 is 0.893 bits per heavy atom. The summed E-state index contributed by atoms with van der Waals surface area (Å²) in [6.07, 6.45) is 21.0. The zero-order chi connectivity index (χ0) is 20.0. The van der Waals surface area contributed by atoms with Crippen molar-refractivity contribution >= 4 is 13.8 Å². The molecule has 0 N–H and O–H groups in total. The average molecular weight is 465 g/mol. The maximum absolute atomic E-state index is 3.72. The molecule has 0 unspecified atom stereocenters. The fourth-order valence-corrected chi connectivity index (χ4v) is 3.31. The van der Waals surface area contributed by atoms with Gasteiger partial charge in [-0.1, -0.05) is 19.6 Å². The topological polar surface area (TPSA) is 3.24 Å². The normalized spacial score (nSPS) is 13.4. The van der Waals surface area contributed by atoms with Crippen molar-refractivity contribution in [3.8, 4) is 0 Å². The molecule has 0 amide bonds. The van der Waals surface area contributed by atoms with Crippen molar-refractivity contribution in [2.75, 3.05) is 13.1 Å². The van der Waals surface area contributed by atoms with Crippen LogP contribution in [-0.2, 0) is 26.2 Å². The maximum atomic E-state index is 3.72. The number of benzene rings is 1. The van der Waals surface area contributed by atoms with E-state index in [1.165, 1.54) is 11.3 Å². The first-order chi connectivity index (χ1) is 13.0. The standard InChI is InChI=1S/C15H23NSi.2C5H4.Zr/c1-6-16(7-2)15(13-17(3,4)5)14-11-9-8-10-12-14;2*1-2-4-5-3-1;/h8-11H,6-7H2,1-5H3;2*1-4H;/q-2;2*-1;+4. The van der Waals surface area contributed by atoms with E-state index in [4.69, 9.17) is 0 Å². The molecular formula is C25H31NSiZr. The minimum atomic E-state index is -1.35. The van der Waals surface area contributed by atoms with Gasteiger partial charge >= 0.3 is 26.2 Å². The molecule has 1 aromatic rings. The van der Waals surface area contributed by atoms with Crippen LogP contribution >= 0.6 is 0 Å². The molecule has 0 bridgehead atoms. The first-order valence-electron chi connectivity index (χ1n) is 9.50. The van der Waals surface area contributed by atoms with Gasteiger partial charge in [-0.25, -0.2) is 42.1 Å². The fourth-order valence-electron chi connectivity index (χ4n) is 2.31. The van der Waals surface area contributed by atoms with Gasteiger partial charge in [0.05, 0.1) is 0 Å². The predicted octanol–water partition coefficient (Wildman–Crippen LogP) is 6.23. The zero-order valence-corrected chi connectivity index (χ0v) is 21.2. The molecule has 28 heavy (non-hydrogen) atoms. The smallest absolute Gasteiger partial charge is 0.444 e. The molecular weight excluding hydrogens is 434 g/mol. The second-order valence-electron chi connectivity index (χ2n) is 6.94. The van der Waals surface area contributed by atoms with Crippen LogP contribution in [0.2, 0.25) is 19.6 Å².